The SMILES string of the molecule is Cn1ccc2c(Oc3ccc(NCCc4cccs4)cc3)ncnc21. The molecular weight excluding hydrogens is 332 g/mol. The van der Waals surface area contributed by atoms with Gasteiger partial charge in [0, 0.05) is 30.4 Å². The largest absolute Gasteiger partial charge is 0.438 e. The van der Waals surface area contributed by atoms with Gasteiger partial charge in [-0.1, -0.05) is 6.07 Å². The number of ether oxygens (including phenoxy) is 1. The van der Waals surface area contributed by atoms with Crippen LogP contribution in [-0.2, 0) is 13.5 Å². The van der Waals surface area contributed by atoms with E-state index in [4.69, 9.17) is 4.74 Å². The van der Waals surface area contributed by atoms with E-state index in [2.05, 4.69) is 32.8 Å². The third kappa shape index (κ3) is 3.49. The minimum Gasteiger partial charge on any atom is -0.438 e. The lowest BCUT2D eigenvalue weighted by Gasteiger charge is -2.08. The van der Waals surface area contributed by atoms with Crippen LogP contribution < -0.4 is 10.1 Å². The Morgan fingerprint density at radius 2 is 2.00 bits per heavy atom. The van der Waals surface area contributed by atoms with Crippen LogP contribution >= 0.6 is 11.3 Å². The average Bonchev–Trinajstić information content (AvgIpc) is 3.28. The van der Waals surface area contributed by atoms with E-state index in [0.717, 1.165) is 35.4 Å². The third-order valence-electron chi connectivity index (χ3n) is 3.97. The van der Waals surface area contributed by atoms with Gasteiger partial charge in [-0.15, -0.1) is 11.3 Å². The fourth-order valence-electron chi connectivity index (χ4n) is 2.67. The van der Waals surface area contributed by atoms with Gasteiger partial charge in [0.1, 0.15) is 17.7 Å². The molecule has 0 fully saturated rings. The standard InChI is InChI=1S/C19H18N4OS/c1-23-11-9-17-18(23)21-13-22-19(17)24-15-6-4-14(5-7-15)20-10-8-16-3-2-12-25-16/h2-7,9,11-13,20H,8,10H2,1H3. The minimum absolute atomic E-state index is 0.573. The molecule has 0 atom stereocenters. The fraction of sp³-hybridized carbons (Fsp3) is 0.158. The smallest absolute Gasteiger partial charge is 0.231 e. The van der Waals surface area contributed by atoms with Gasteiger partial charge in [-0.2, -0.15) is 0 Å². The summed E-state index contributed by atoms with van der Waals surface area (Å²) in [7, 11) is 1.95. The maximum absolute atomic E-state index is 5.93. The third-order valence-corrected chi connectivity index (χ3v) is 4.91. The molecule has 1 aromatic carbocycles. The van der Waals surface area contributed by atoms with Crippen molar-refractivity contribution in [2.75, 3.05) is 11.9 Å². The van der Waals surface area contributed by atoms with Crippen molar-refractivity contribution in [2.24, 2.45) is 7.05 Å². The molecular formula is C19H18N4OS. The van der Waals surface area contributed by atoms with E-state index in [1.807, 2.05) is 48.1 Å². The Morgan fingerprint density at radius 1 is 1.12 bits per heavy atom. The highest BCUT2D eigenvalue weighted by Gasteiger charge is 2.08. The van der Waals surface area contributed by atoms with Gasteiger partial charge in [-0.3, -0.25) is 0 Å². The maximum atomic E-state index is 5.93. The van der Waals surface area contributed by atoms with Crippen molar-refractivity contribution in [2.45, 2.75) is 6.42 Å². The lowest BCUT2D eigenvalue weighted by Crippen LogP contribution is -2.03. The minimum atomic E-state index is 0.573. The Bertz CT molecular complexity index is 961. The number of hydrogen-bond acceptors (Lipinski definition) is 5. The zero-order chi connectivity index (χ0) is 17.1. The zero-order valence-corrected chi connectivity index (χ0v) is 14.7. The Balaban J connectivity index is 1.41. The van der Waals surface area contributed by atoms with Crippen molar-refractivity contribution in [1.82, 2.24) is 14.5 Å². The molecule has 0 saturated heterocycles. The normalized spacial score (nSPS) is 10.9. The number of nitrogens with one attached hydrogen (secondary N) is 1. The van der Waals surface area contributed by atoms with E-state index in [1.165, 1.54) is 11.2 Å². The molecule has 126 valence electrons. The van der Waals surface area contributed by atoms with Gasteiger partial charge >= 0.3 is 0 Å². The summed E-state index contributed by atoms with van der Waals surface area (Å²) >= 11 is 1.79. The van der Waals surface area contributed by atoms with Crippen molar-refractivity contribution in [1.29, 1.82) is 0 Å². The molecule has 0 radical (unpaired) electrons. The summed E-state index contributed by atoms with van der Waals surface area (Å²) in [6, 6.07) is 14.2. The van der Waals surface area contributed by atoms with Crippen LogP contribution in [0, 0.1) is 0 Å². The fourth-order valence-corrected chi connectivity index (χ4v) is 3.38. The monoisotopic (exact) mass is 350 g/mol. The summed E-state index contributed by atoms with van der Waals surface area (Å²) in [4.78, 5) is 9.92. The van der Waals surface area contributed by atoms with Gasteiger partial charge in [0.15, 0.2) is 0 Å². The van der Waals surface area contributed by atoms with Crippen molar-refractivity contribution in [3.63, 3.8) is 0 Å². The van der Waals surface area contributed by atoms with E-state index in [9.17, 15) is 0 Å². The first kappa shape index (κ1) is 15.7. The molecule has 5 nitrogen and oxygen atoms in total. The second-order valence-corrected chi connectivity index (χ2v) is 6.76. The van der Waals surface area contributed by atoms with Gasteiger partial charge < -0.3 is 14.6 Å². The maximum Gasteiger partial charge on any atom is 0.231 e. The summed E-state index contributed by atoms with van der Waals surface area (Å²) in [5, 5.41) is 6.44. The highest BCUT2D eigenvalue weighted by molar-refractivity contribution is 7.09. The molecule has 0 aliphatic heterocycles. The number of benzene rings is 1. The summed E-state index contributed by atoms with van der Waals surface area (Å²) in [6.07, 6.45) is 4.51. The molecule has 0 amide bonds. The molecule has 0 unspecified atom stereocenters. The summed E-state index contributed by atoms with van der Waals surface area (Å²) in [5.41, 5.74) is 1.94. The summed E-state index contributed by atoms with van der Waals surface area (Å²) < 4.78 is 7.88. The van der Waals surface area contributed by atoms with Crippen LogP contribution in [0.3, 0.4) is 0 Å². The van der Waals surface area contributed by atoms with Crippen LogP contribution in [0.25, 0.3) is 11.0 Å². The Morgan fingerprint density at radius 3 is 2.80 bits per heavy atom. The number of thiophene rings is 1. The quantitative estimate of drug-likeness (QED) is 0.557. The summed E-state index contributed by atoms with van der Waals surface area (Å²) in [6.45, 7) is 0.914. The molecule has 3 aromatic heterocycles. The van der Waals surface area contributed by atoms with E-state index in [1.54, 1.807) is 11.3 Å². The number of aryl methyl sites for hydroxylation is 1. The predicted octanol–water partition coefficient (Wildman–Crippen LogP) is 4.48. The van der Waals surface area contributed by atoms with Crippen LogP contribution in [0.4, 0.5) is 5.69 Å². The van der Waals surface area contributed by atoms with Crippen LogP contribution in [0.2, 0.25) is 0 Å². The highest BCUT2D eigenvalue weighted by atomic mass is 32.1. The topological polar surface area (TPSA) is 52.0 Å². The first-order valence-electron chi connectivity index (χ1n) is 8.10. The van der Waals surface area contributed by atoms with Crippen molar-refractivity contribution in [3.05, 3.63) is 65.2 Å². The predicted molar refractivity (Wildman–Crippen MR) is 102 cm³/mol. The molecule has 4 rings (SSSR count). The molecule has 0 spiro atoms. The van der Waals surface area contributed by atoms with Gasteiger partial charge in [0.2, 0.25) is 5.88 Å². The molecule has 25 heavy (non-hydrogen) atoms. The Kier molecular flexibility index (Phi) is 4.35. The first-order chi connectivity index (χ1) is 12.3. The van der Waals surface area contributed by atoms with Crippen molar-refractivity contribution < 1.29 is 4.74 Å². The Hall–Kier alpha value is -2.86. The molecule has 1 N–H and O–H groups in total. The zero-order valence-electron chi connectivity index (χ0n) is 13.8. The van der Waals surface area contributed by atoms with Gasteiger partial charge in [-0.25, -0.2) is 9.97 Å². The van der Waals surface area contributed by atoms with Crippen LogP contribution in [0.1, 0.15) is 4.88 Å². The number of anilines is 1. The van der Waals surface area contributed by atoms with Crippen LogP contribution in [-0.4, -0.2) is 21.1 Å². The number of fused-ring (bicyclic) bond motifs is 1. The number of hydrogen-bond donors (Lipinski definition) is 1. The highest BCUT2D eigenvalue weighted by Crippen LogP contribution is 2.27. The molecule has 6 heteroatoms. The lowest BCUT2D eigenvalue weighted by atomic mass is 10.3. The van der Waals surface area contributed by atoms with Crippen LogP contribution in [0.15, 0.2) is 60.4 Å². The van der Waals surface area contributed by atoms with E-state index >= 15 is 0 Å². The number of aromatic nitrogens is 3. The molecule has 0 aliphatic carbocycles. The Labute approximate surface area is 149 Å². The summed E-state index contributed by atoms with van der Waals surface area (Å²) in [5.74, 6) is 1.33. The van der Waals surface area contributed by atoms with Gasteiger partial charge in [-0.05, 0) is 48.2 Å². The van der Waals surface area contributed by atoms with Crippen LogP contribution in [0.5, 0.6) is 11.6 Å². The molecule has 0 bridgehead atoms. The van der Waals surface area contributed by atoms with E-state index in [-0.39, 0.29) is 0 Å². The van der Waals surface area contributed by atoms with Gasteiger partial charge in [0.25, 0.3) is 0 Å². The number of rotatable bonds is 6. The van der Waals surface area contributed by atoms with E-state index in [0.29, 0.717) is 5.88 Å². The second-order valence-electron chi connectivity index (χ2n) is 5.73. The van der Waals surface area contributed by atoms with Crippen molar-refractivity contribution >= 4 is 28.1 Å². The first-order valence-corrected chi connectivity index (χ1v) is 8.98. The molecule has 0 saturated carbocycles. The van der Waals surface area contributed by atoms with Crippen molar-refractivity contribution in [3.8, 4) is 11.6 Å². The van der Waals surface area contributed by atoms with Gasteiger partial charge in [0.05, 0.1) is 5.39 Å². The molecule has 3 heterocycles. The average molecular weight is 350 g/mol. The lowest BCUT2D eigenvalue weighted by molar-refractivity contribution is 0.468. The number of nitrogens with zero attached hydrogens (tertiary/aromatic N) is 3. The second kappa shape index (κ2) is 6.94. The van der Waals surface area contributed by atoms with E-state index < -0.39 is 0 Å². The molecule has 0 aliphatic rings. The molecule has 4 aromatic rings.